The van der Waals surface area contributed by atoms with Crippen molar-refractivity contribution in [3.05, 3.63) is 34.4 Å². The molecule has 0 aliphatic heterocycles. The molecule has 0 spiro atoms. The Morgan fingerprint density at radius 1 is 1.43 bits per heavy atom. The van der Waals surface area contributed by atoms with Crippen molar-refractivity contribution in [2.45, 2.75) is 31.2 Å². The summed E-state index contributed by atoms with van der Waals surface area (Å²) in [4.78, 5) is 20.4. The van der Waals surface area contributed by atoms with Gasteiger partial charge in [-0.3, -0.25) is 14.9 Å². The lowest BCUT2D eigenvalue weighted by Crippen LogP contribution is -2.38. The van der Waals surface area contributed by atoms with Crippen LogP contribution in [0.15, 0.2) is 29.2 Å². The van der Waals surface area contributed by atoms with E-state index in [1.807, 2.05) is 0 Å². The fourth-order valence-corrected chi connectivity index (χ4v) is 3.43. The highest BCUT2D eigenvalue weighted by Crippen LogP contribution is 2.22. The smallest absolute Gasteiger partial charge is 0.304 e. The van der Waals surface area contributed by atoms with Crippen molar-refractivity contribution in [1.82, 2.24) is 4.31 Å². The zero-order valence-electron chi connectivity index (χ0n) is 11.6. The van der Waals surface area contributed by atoms with Gasteiger partial charge in [-0.1, -0.05) is 6.07 Å². The van der Waals surface area contributed by atoms with Crippen LogP contribution < -0.4 is 0 Å². The van der Waals surface area contributed by atoms with E-state index in [-0.39, 0.29) is 23.5 Å². The second-order valence-corrected chi connectivity index (χ2v) is 6.50. The largest absolute Gasteiger partial charge is 0.481 e. The van der Waals surface area contributed by atoms with Crippen LogP contribution in [-0.4, -0.2) is 41.3 Å². The first kappa shape index (κ1) is 17.1. The van der Waals surface area contributed by atoms with Gasteiger partial charge in [0.1, 0.15) is 0 Å². The Labute approximate surface area is 122 Å². The Morgan fingerprint density at radius 2 is 2.05 bits per heavy atom. The molecule has 0 aliphatic rings. The van der Waals surface area contributed by atoms with Crippen molar-refractivity contribution in [1.29, 1.82) is 0 Å². The van der Waals surface area contributed by atoms with E-state index in [0.717, 1.165) is 10.4 Å². The van der Waals surface area contributed by atoms with E-state index >= 15 is 0 Å². The number of carbonyl (C=O) groups is 1. The van der Waals surface area contributed by atoms with Crippen LogP contribution in [-0.2, 0) is 14.8 Å². The first-order chi connectivity index (χ1) is 9.66. The Hall–Kier alpha value is -2.00. The summed E-state index contributed by atoms with van der Waals surface area (Å²) < 4.78 is 26.0. The average Bonchev–Trinajstić information content (AvgIpc) is 2.37. The zero-order valence-corrected chi connectivity index (χ0v) is 12.4. The summed E-state index contributed by atoms with van der Waals surface area (Å²) in [5.74, 6) is -1.12. The van der Waals surface area contributed by atoms with Gasteiger partial charge in [0.2, 0.25) is 10.0 Å². The fraction of sp³-hybridized carbons (Fsp3) is 0.417. The minimum Gasteiger partial charge on any atom is -0.481 e. The van der Waals surface area contributed by atoms with Crippen molar-refractivity contribution in [2.24, 2.45) is 0 Å². The number of hydrogen-bond acceptors (Lipinski definition) is 5. The minimum absolute atomic E-state index is 0.196. The summed E-state index contributed by atoms with van der Waals surface area (Å²) in [6.45, 7) is 3.02. The van der Waals surface area contributed by atoms with Crippen molar-refractivity contribution in [3.8, 4) is 0 Å². The monoisotopic (exact) mass is 316 g/mol. The molecule has 0 saturated heterocycles. The van der Waals surface area contributed by atoms with E-state index in [0.29, 0.717) is 0 Å². The Kier molecular flexibility index (Phi) is 5.39. The van der Waals surface area contributed by atoms with Crippen LogP contribution in [0, 0.1) is 10.1 Å². The summed E-state index contributed by atoms with van der Waals surface area (Å²) in [6.07, 6.45) is -0.341. The average molecular weight is 316 g/mol. The van der Waals surface area contributed by atoms with Crippen LogP contribution in [0.25, 0.3) is 0 Å². The number of benzene rings is 1. The summed E-state index contributed by atoms with van der Waals surface area (Å²) in [6, 6.07) is 4.22. The number of aliphatic carboxylic acids is 1. The van der Waals surface area contributed by atoms with E-state index in [1.165, 1.54) is 18.2 Å². The molecule has 0 saturated carbocycles. The SMILES string of the molecule is CC(C)N(CCC(=O)O)S(=O)(=O)c1cccc([N+](=O)[O-])c1. The lowest BCUT2D eigenvalue weighted by molar-refractivity contribution is -0.385. The van der Waals surface area contributed by atoms with Crippen LogP contribution >= 0.6 is 0 Å². The molecule has 0 heterocycles. The molecule has 1 N–H and O–H groups in total. The maximum Gasteiger partial charge on any atom is 0.304 e. The number of hydrogen-bond donors (Lipinski definition) is 1. The maximum absolute atomic E-state index is 12.5. The number of nitro groups is 1. The van der Waals surface area contributed by atoms with E-state index in [2.05, 4.69) is 0 Å². The Morgan fingerprint density at radius 3 is 2.52 bits per heavy atom. The molecule has 8 nitrogen and oxygen atoms in total. The molecule has 9 heteroatoms. The number of carboxylic acid groups (broad SMARTS) is 1. The number of sulfonamides is 1. The lowest BCUT2D eigenvalue weighted by Gasteiger charge is -2.25. The highest BCUT2D eigenvalue weighted by molar-refractivity contribution is 7.89. The van der Waals surface area contributed by atoms with Crippen LogP contribution in [0.5, 0.6) is 0 Å². The van der Waals surface area contributed by atoms with E-state index in [1.54, 1.807) is 13.8 Å². The molecule has 116 valence electrons. The molecule has 0 amide bonds. The Balaban J connectivity index is 3.19. The van der Waals surface area contributed by atoms with Crippen LogP contribution in [0.1, 0.15) is 20.3 Å². The molecule has 21 heavy (non-hydrogen) atoms. The maximum atomic E-state index is 12.5. The third kappa shape index (κ3) is 4.23. The first-order valence-electron chi connectivity index (χ1n) is 6.14. The molecule has 0 aliphatic carbocycles. The Bertz CT molecular complexity index is 641. The van der Waals surface area contributed by atoms with Gasteiger partial charge in [0.25, 0.3) is 5.69 Å². The standard InChI is InChI=1S/C12H16N2O6S/c1-9(2)13(7-6-12(15)16)21(19,20)11-5-3-4-10(8-11)14(17)18/h3-5,8-9H,6-7H2,1-2H3,(H,15,16). The van der Waals surface area contributed by atoms with Crippen molar-refractivity contribution in [2.75, 3.05) is 6.54 Å². The number of non-ortho nitro benzene ring substituents is 1. The number of carboxylic acids is 1. The molecule has 0 atom stereocenters. The lowest BCUT2D eigenvalue weighted by atomic mass is 10.3. The normalized spacial score (nSPS) is 11.8. The number of nitrogens with zero attached hydrogens (tertiary/aromatic N) is 2. The molecule has 0 unspecified atom stereocenters. The second kappa shape index (κ2) is 6.64. The van der Waals surface area contributed by atoms with Gasteiger partial charge in [0.15, 0.2) is 0 Å². The number of nitro benzene ring substituents is 1. The molecule has 1 aromatic rings. The summed E-state index contributed by atoms with van der Waals surface area (Å²) in [7, 11) is -3.99. The van der Waals surface area contributed by atoms with Crippen LogP contribution in [0.3, 0.4) is 0 Å². The third-order valence-electron chi connectivity index (χ3n) is 2.76. The molecule has 0 fully saturated rings. The first-order valence-corrected chi connectivity index (χ1v) is 7.58. The molecular formula is C12H16N2O6S. The predicted molar refractivity (Wildman–Crippen MR) is 74.4 cm³/mol. The van der Waals surface area contributed by atoms with Gasteiger partial charge < -0.3 is 5.11 Å². The summed E-state index contributed by atoms with van der Waals surface area (Å²) in [5.41, 5.74) is -0.335. The molecule has 0 aromatic heterocycles. The van der Waals surface area contributed by atoms with Crippen molar-refractivity contribution < 1.29 is 23.2 Å². The zero-order chi connectivity index (χ0) is 16.2. The third-order valence-corrected chi connectivity index (χ3v) is 4.83. The van der Waals surface area contributed by atoms with Gasteiger partial charge in [-0.25, -0.2) is 8.42 Å². The quantitative estimate of drug-likeness (QED) is 0.601. The van der Waals surface area contributed by atoms with E-state index < -0.39 is 27.0 Å². The van der Waals surface area contributed by atoms with Crippen molar-refractivity contribution >= 4 is 21.7 Å². The molecule has 0 radical (unpaired) electrons. The second-order valence-electron chi connectivity index (χ2n) is 4.61. The van der Waals surface area contributed by atoms with E-state index in [9.17, 15) is 23.3 Å². The van der Waals surface area contributed by atoms with Crippen molar-refractivity contribution in [3.63, 3.8) is 0 Å². The number of rotatable bonds is 7. The van der Waals surface area contributed by atoms with Crippen LogP contribution in [0.4, 0.5) is 5.69 Å². The van der Waals surface area contributed by atoms with Gasteiger partial charge in [0.05, 0.1) is 16.2 Å². The van der Waals surface area contributed by atoms with Gasteiger partial charge in [0, 0.05) is 24.7 Å². The molecular weight excluding hydrogens is 300 g/mol. The van der Waals surface area contributed by atoms with Gasteiger partial charge in [-0.2, -0.15) is 4.31 Å². The van der Waals surface area contributed by atoms with Gasteiger partial charge in [-0.05, 0) is 19.9 Å². The van der Waals surface area contributed by atoms with Crippen LogP contribution in [0.2, 0.25) is 0 Å². The minimum atomic E-state index is -3.99. The fourth-order valence-electron chi connectivity index (χ4n) is 1.75. The molecule has 1 aromatic carbocycles. The predicted octanol–water partition coefficient (Wildman–Crippen LogP) is 1.47. The van der Waals surface area contributed by atoms with E-state index in [4.69, 9.17) is 5.11 Å². The summed E-state index contributed by atoms with van der Waals surface area (Å²) >= 11 is 0. The highest BCUT2D eigenvalue weighted by Gasteiger charge is 2.28. The molecule has 1 rings (SSSR count). The molecule has 0 bridgehead atoms. The van der Waals surface area contributed by atoms with Gasteiger partial charge >= 0.3 is 5.97 Å². The highest BCUT2D eigenvalue weighted by atomic mass is 32.2. The topological polar surface area (TPSA) is 118 Å². The summed E-state index contributed by atoms with van der Waals surface area (Å²) in [5, 5.41) is 19.4. The van der Waals surface area contributed by atoms with Gasteiger partial charge in [-0.15, -0.1) is 0 Å².